The third kappa shape index (κ3) is 2.77. The highest BCUT2D eigenvalue weighted by Gasteiger charge is 2.12. The van der Waals surface area contributed by atoms with Crippen LogP contribution in [0.2, 0.25) is 0 Å². The number of nitrogens with one attached hydrogen (secondary N) is 2. The van der Waals surface area contributed by atoms with Gasteiger partial charge in [-0.1, -0.05) is 6.92 Å². The van der Waals surface area contributed by atoms with Crippen molar-refractivity contribution in [3.8, 4) is 0 Å². The second-order valence-corrected chi connectivity index (χ2v) is 4.73. The predicted molar refractivity (Wildman–Crippen MR) is 71.0 cm³/mol. The SMILES string of the molecule is CCc1[nH]ncc1NC(=O)c1cc(COC)cs1. The Morgan fingerprint density at radius 3 is 3.17 bits per heavy atom. The van der Waals surface area contributed by atoms with E-state index in [9.17, 15) is 4.79 Å². The van der Waals surface area contributed by atoms with Crippen LogP contribution in [0.3, 0.4) is 0 Å². The lowest BCUT2D eigenvalue weighted by molar-refractivity contribution is 0.103. The van der Waals surface area contributed by atoms with Crippen LogP contribution in [0.15, 0.2) is 17.6 Å². The minimum absolute atomic E-state index is 0.113. The summed E-state index contributed by atoms with van der Waals surface area (Å²) in [5.74, 6) is -0.113. The van der Waals surface area contributed by atoms with Crippen molar-refractivity contribution in [3.05, 3.63) is 33.8 Å². The Balaban J connectivity index is 2.07. The Labute approximate surface area is 109 Å². The lowest BCUT2D eigenvalue weighted by Crippen LogP contribution is -2.10. The van der Waals surface area contributed by atoms with Gasteiger partial charge in [0.25, 0.3) is 5.91 Å². The van der Waals surface area contributed by atoms with Crippen LogP contribution in [0.5, 0.6) is 0 Å². The molecular weight excluding hydrogens is 250 g/mol. The number of aromatic amines is 1. The summed E-state index contributed by atoms with van der Waals surface area (Å²) >= 11 is 1.41. The third-order valence-corrected chi connectivity index (χ3v) is 3.49. The molecule has 2 heterocycles. The fraction of sp³-hybridized carbons (Fsp3) is 0.333. The monoisotopic (exact) mass is 265 g/mol. The second-order valence-electron chi connectivity index (χ2n) is 3.82. The molecule has 6 heteroatoms. The van der Waals surface area contributed by atoms with Gasteiger partial charge in [0, 0.05) is 7.11 Å². The highest BCUT2D eigenvalue weighted by atomic mass is 32.1. The van der Waals surface area contributed by atoms with E-state index in [1.165, 1.54) is 11.3 Å². The Kier molecular flexibility index (Phi) is 4.11. The van der Waals surface area contributed by atoms with Gasteiger partial charge in [-0.2, -0.15) is 5.10 Å². The van der Waals surface area contributed by atoms with Crippen molar-refractivity contribution in [1.82, 2.24) is 10.2 Å². The highest BCUT2D eigenvalue weighted by molar-refractivity contribution is 7.12. The van der Waals surface area contributed by atoms with E-state index in [1.807, 2.05) is 18.4 Å². The molecule has 5 nitrogen and oxygen atoms in total. The summed E-state index contributed by atoms with van der Waals surface area (Å²) in [6, 6.07) is 1.84. The maximum Gasteiger partial charge on any atom is 0.265 e. The smallest absolute Gasteiger partial charge is 0.265 e. The third-order valence-electron chi connectivity index (χ3n) is 2.51. The van der Waals surface area contributed by atoms with Crippen LogP contribution in [0, 0.1) is 0 Å². The normalized spacial score (nSPS) is 10.6. The molecule has 0 aromatic carbocycles. The first-order valence-corrected chi connectivity index (χ1v) is 6.52. The van der Waals surface area contributed by atoms with Gasteiger partial charge in [-0.25, -0.2) is 0 Å². The number of ether oxygens (including phenoxy) is 1. The van der Waals surface area contributed by atoms with E-state index in [0.717, 1.165) is 23.4 Å². The van der Waals surface area contributed by atoms with Gasteiger partial charge in [0.1, 0.15) is 0 Å². The van der Waals surface area contributed by atoms with Gasteiger partial charge in [-0.15, -0.1) is 11.3 Å². The van der Waals surface area contributed by atoms with E-state index >= 15 is 0 Å². The molecule has 0 fully saturated rings. The van der Waals surface area contributed by atoms with Crippen molar-refractivity contribution in [2.75, 3.05) is 12.4 Å². The largest absolute Gasteiger partial charge is 0.380 e. The van der Waals surface area contributed by atoms with E-state index in [1.54, 1.807) is 13.3 Å². The van der Waals surface area contributed by atoms with Gasteiger partial charge in [-0.3, -0.25) is 9.89 Å². The zero-order chi connectivity index (χ0) is 13.0. The molecule has 1 amide bonds. The standard InChI is InChI=1S/C12H15N3O2S/c1-3-9-10(5-13-15-9)14-12(16)11-4-8(6-17-2)7-18-11/h4-5,7H,3,6H2,1-2H3,(H,13,15)(H,14,16). The quantitative estimate of drug-likeness (QED) is 0.872. The number of anilines is 1. The van der Waals surface area contributed by atoms with E-state index in [-0.39, 0.29) is 5.91 Å². The molecule has 0 unspecified atom stereocenters. The average molecular weight is 265 g/mol. The Bertz CT molecular complexity index is 533. The zero-order valence-electron chi connectivity index (χ0n) is 10.3. The molecule has 0 radical (unpaired) electrons. The van der Waals surface area contributed by atoms with Gasteiger partial charge in [0.05, 0.1) is 29.1 Å². The van der Waals surface area contributed by atoms with Crippen molar-refractivity contribution in [1.29, 1.82) is 0 Å². The summed E-state index contributed by atoms with van der Waals surface area (Å²) in [6.45, 7) is 2.53. The number of methoxy groups -OCH3 is 1. The number of carbonyl (C=O) groups excluding carboxylic acids is 1. The number of carbonyl (C=O) groups is 1. The number of nitrogens with zero attached hydrogens (tertiary/aromatic N) is 1. The molecule has 0 aliphatic heterocycles. The summed E-state index contributed by atoms with van der Waals surface area (Å²) in [4.78, 5) is 12.7. The van der Waals surface area contributed by atoms with Gasteiger partial charge >= 0.3 is 0 Å². The molecule has 0 saturated carbocycles. The fourth-order valence-corrected chi connectivity index (χ4v) is 2.40. The van der Waals surface area contributed by atoms with Gasteiger partial charge in [0.2, 0.25) is 0 Å². The molecule has 2 N–H and O–H groups in total. The molecule has 0 aliphatic rings. The van der Waals surface area contributed by atoms with Crippen LogP contribution in [0.4, 0.5) is 5.69 Å². The lowest BCUT2D eigenvalue weighted by atomic mass is 10.3. The number of aryl methyl sites for hydroxylation is 1. The van der Waals surface area contributed by atoms with Crippen molar-refractivity contribution >= 4 is 22.9 Å². The summed E-state index contributed by atoms with van der Waals surface area (Å²) in [5, 5.41) is 11.5. The van der Waals surface area contributed by atoms with Crippen molar-refractivity contribution in [2.45, 2.75) is 20.0 Å². The molecule has 2 aromatic rings. The first-order valence-electron chi connectivity index (χ1n) is 5.64. The summed E-state index contributed by atoms with van der Waals surface area (Å²) in [7, 11) is 1.64. The predicted octanol–water partition coefficient (Wildman–Crippen LogP) is 2.43. The number of aromatic nitrogens is 2. The molecule has 2 aromatic heterocycles. The fourth-order valence-electron chi connectivity index (χ4n) is 1.61. The van der Waals surface area contributed by atoms with Crippen LogP contribution < -0.4 is 5.32 Å². The molecule has 0 bridgehead atoms. The molecule has 18 heavy (non-hydrogen) atoms. The first kappa shape index (κ1) is 12.8. The van der Waals surface area contributed by atoms with E-state index < -0.39 is 0 Å². The van der Waals surface area contributed by atoms with E-state index in [2.05, 4.69) is 15.5 Å². The lowest BCUT2D eigenvalue weighted by Gasteiger charge is -2.02. The summed E-state index contributed by atoms with van der Waals surface area (Å²) in [5.41, 5.74) is 2.68. The molecule has 0 saturated heterocycles. The van der Waals surface area contributed by atoms with Crippen molar-refractivity contribution < 1.29 is 9.53 Å². The maximum atomic E-state index is 12.0. The minimum atomic E-state index is -0.113. The minimum Gasteiger partial charge on any atom is -0.380 e. The van der Waals surface area contributed by atoms with Crippen LogP contribution in [-0.4, -0.2) is 23.2 Å². The molecular formula is C12H15N3O2S. The number of H-pyrrole nitrogens is 1. The van der Waals surface area contributed by atoms with E-state index in [4.69, 9.17) is 4.74 Å². The van der Waals surface area contributed by atoms with Crippen LogP contribution in [-0.2, 0) is 17.8 Å². The molecule has 0 spiro atoms. The zero-order valence-corrected chi connectivity index (χ0v) is 11.1. The molecule has 96 valence electrons. The van der Waals surface area contributed by atoms with E-state index in [0.29, 0.717) is 11.5 Å². The molecule has 0 atom stereocenters. The highest BCUT2D eigenvalue weighted by Crippen LogP contribution is 2.19. The topological polar surface area (TPSA) is 67.0 Å². The Morgan fingerprint density at radius 2 is 2.44 bits per heavy atom. The van der Waals surface area contributed by atoms with Crippen molar-refractivity contribution in [2.24, 2.45) is 0 Å². The van der Waals surface area contributed by atoms with Gasteiger partial charge < -0.3 is 10.1 Å². The summed E-state index contributed by atoms with van der Waals surface area (Å²) < 4.78 is 5.02. The average Bonchev–Trinajstić information content (AvgIpc) is 2.98. The van der Waals surface area contributed by atoms with Crippen LogP contribution >= 0.6 is 11.3 Å². The van der Waals surface area contributed by atoms with Gasteiger partial charge in [-0.05, 0) is 23.4 Å². The molecule has 2 rings (SSSR count). The number of thiophene rings is 1. The number of hydrogen-bond donors (Lipinski definition) is 2. The number of amides is 1. The first-order chi connectivity index (χ1) is 8.74. The Morgan fingerprint density at radius 1 is 1.61 bits per heavy atom. The maximum absolute atomic E-state index is 12.0. The number of hydrogen-bond acceptors (Lipinski definition) is 4. The Hall–Kier alpha value is -1.66. The summed E-state index contributed by atoms with van der Waals surface area (Å²) in [6.07, 6.45) is 2.43. The van der Waals surface area contributed by atoms with Gasteiger partial charge in [0.15, 0.2) is 0 Å². The second kappa shape index (κ2) is 5.79. The number of rotatable bonds is 5. The van der Waals surface area contributed by atoms with Crippen molar-refractivity contribution in [3.63, 3.8) is 0 Å². The van der Waals surface area contributed by atoms with Crippen LogP contribution in [0.25, 0.3) is 0 Å². The van der Waals surface area contributed by atoms with Crippen LogP contribution in [0.1, 0.15) is 27.9 Å². The molecule has 0 aliphatic carbocycles.